The van der Waals surface area contributed by atoms with Crippen molar-refractivity contribution in [3.05, 3.63) is 0 Å². The van der Waals surface area contributed by atoms with Crippen molar-refractivity contribution in [1.82, 2.24) is 0 Å². The Labute approximate surface area is 106 Å². The van der Waals surface area contributed by atoms with Gasteiger partial charge in [0.2, 0.25) is 0 Å². The first-order chi connectivity index (χ1) is 8.29. The molecule has 0 radical (unpaired) electrons. The molecule has 3 nitrogen and oxygen atoms in total. The average Bonchev–Trinajstić information content (AvgIpc) is 2.30. The Bertz CT molecular complexity index is 162. The van der Waals surface area contributed by atoms with Gasteiger partial charge in [-0.3, -0.25) is 0 Å². The molecular formula is C13H27BO3. The van der Waals surface area contributed by atoms with Gasteiger partial charge in [-0.05, 0) is 12.8 Å². The maximum Gasteiger partial charge on any atom is 0.634 e. The van der Waals surface area contributed by atoms with Crippen molar-refractivity contribution in [2.75, 3.05) is 0 Å². The predicted octanol–water partition coefficient (Wildman–Crippen LogP) is 3.04. The second kappa shape index (κ2) is 9.92. The van der Waals surface area contributed by atoms with E-state index in [-0.39, 0.29) is 6.10 Å². The lowest BCUT2D eigenvalue weighted by Gasteiger charge is -2.17. The van der Waals surface area contributed by atoms with E-state index in [9.17, 15) is 0 Å². The molecule has 2 N–H and O–H groups in total. The molecule has 0 spiro atoms. The summed E-state index contributed by atoms with van der Waals surface area (Å²) in [7, 11) is -1.60. The van der Waals surface area contributed by atoms with Gasteiger partial charge in [-0.15, -0.1) is 0 Å². The van der Waals surface area contributed by atoms with Crippen LogP contribution < -0.4 is 0 Å². The monoisotopic (exact) mass is 242 g/mol. The zero-order valence-electron chi connectivity index (χ0n) is 10.9. The van der Waals surface area contributed by atoms with Crippen LogP contribution in [-0.4, -0.2) is 23.5 Å². The van der Waals surface area contributed by atoms with Crippen LogP contribution in [0, 0.1) is 0 Å². The Morgan fingerprint density at radius 2 is 1.00 bits per heavy atom. The first kappa shape index (κ1) is 15.0. The Kier molecular flexibility index (Phi) is 8.76. The van der Waals surface area contributed by atoms with Crippen molar-refractivity contribution in [3.8, 4) is 0 Å². The minimum Gasteiger partial charge on any atom is -0.402 e. The Balaban J connectivity index is 2.25. The lowest BCUT2D eigenvalue weighted by Crippen LogP contribution is -2.25. The van der Waals surface area contributed by atoms with Gasteiger partial charge < -0.3 is 14.7 Å². The van der Waals surface area contributed by atoms with Gasteiger partial charge in [0.05, 0.1) is 0 Å². The van der Waals surface area contributed by atoms with E-state index in [1.165, 1.54) is 51.4 Å². The smallest absolute Gasteiger partial charge is 0.402 e. The van der Waals surface area contributed by atoms with Gasteiger partial charge in [0.25, 0.3) is 0 Å². The van der Waals surface area contributed by atoms with Crippen molar-refractivity contribution in [2.45, 2.75) is 83.2 Å². The van der Waals surface area contributed by atoms with E-state index >= 15 is 0 Å². The molecule has 1 saturated carbocycles. The van der Waals surface area contributed by atoms with Gasteiger partial charge in [-0.1, -0.05) is 64.2 Å². The minimum atomic E-state index is -1.60. The standard InChI is InChI=1S/C13H27BO3/c15-14(16)17-13-11-9-7-5-3-1-2-4-6-8-10-12-13/h13,15-16H,1-12H2. The highest BCUT2D eigenvalue weighted by Crippen LogP contribution is 2.18. The Hall–Kier alpha value is -0.0551. The summed E-state index contributed by atoms with van der Waals surface area (Å²) in [6, 6.07) is 0. The molecule has 100 valence electrons. The molecule has 1 aliphatic rings. The molecule has 0 aliphatic heterocycles. The molecule has 0 heterocycles. The zero-order valence-corrected chi connectivity index (χ0v) is 10.9. The third-order valence-corrected chi connectivity index (χ3v) is 3.62. The van der Waals surface area contributed by atoms with Crippen LogP contribution in [0.25, 0.3) is 0 Å². The molecular weight excluding hydrogens is 215 g/mol. The maximum atomic E-state index is 8.87. The highest BCUT2D eigenvalue weighted by atomic mass is 16.6. The second-order valence-corrected chi connectivity index (χ2v) is 5.20. The van der Waals surface area contributed by atoms with E-state index in [1.807, 2.05) is 0 Å². The van der Waals surface area contributed by atoms with Crippen LogP contribution >= 0.6 is 0 Å². The fourth-order valence-corrected chi connectivity index (χ4v) is 2.61. The van der Waals surface area contributed by atoms with Crippen molar-refractivity contribution in [2.24, 2.45) is 0 Å². The summed E-state index contributed by atoms with van der Waals surface area (Å²) in [5.41, 5.74) is 0. The summed E-state index contributed by atoms with van der Waals surface area (Å²) in [5.74, 6) is 0. The molecule has 1 rings (SSSR count). The molecule has 0 unspecified atom stereocenters. The van der Waals surface area contributed by atoms with Crippen LogP contribution in [0.15, 0.2) is 0 Å². The zero-order chi connectivity index (χ0) is 12.3. The average molecular weight is 242 g/mol. The molecule has 0 bridgehead atoms. The van der Waals surface area contributed by atoms with Gasteiger partial charge in [0.1, 0.15) is 0 Å². The number of hydrogen-bond donors (Lipinski definition) is 2. The Morgan fingerprint density at radius 1 is 0.647 bits per heavy atom. The molecule has 0 aromatic rings. The van der Waals surface area contributed by atoms with Crippen LogP contribution in [0.3, 0.4) is 0 Å². The van der Waals surface area contributed by atoms with E-state index < -0.39 is 7.32 Å². The lowest BCUT2D eigenvalue weighted by atomic mass is 10.0. The third kappa shape index (κ3) is 8.64. The quantitative estimate of drug-likeness (QED) is 0.731. The minimum absolute atomic E-state index is 0.0377. The molecule has 17 heavy (non-hydrogen) atoms. The first-order valence-electron chi connectivity index (χ1n) is 7.30. The highest BCUT2D eigenvalue weighted by Gasteiger charge is 2.17. The van der Waals surface area contributed by atoms with Crippen molar-refractivity contribution < 1.29 is 14.7 Å². The normalized spacial score (nSPS) is 22.2. The summed E-state index contributed by atoms with van der Waals surface area (Å²) in [6.07, 6.45) is 14.9. The molecule has 0 amide bonds. The molecule has 0 atom stereocenters. The third-order valence-electron chi connectivity index (χ3n) is 3.62. The first-order valence-corrected chi connectivity index (χ1v) is 7.30. The molecule has 0 aromatic carbocycles. The van der Waals surface area contributed by atoms with Crippen LogP contribution in [0.1, 0.15) is 77.0 Å². The predicted molar refractivity (Wildman–Crippen MR) is 70.5 cm³/mol. The summed E-state index contributed by atoms with van der Waals surface area (Å²) in [5, 5.41) is 17.7. The largest absolute Gasteiger partial charge is 0.634 e. The van der Waals surface area contributed by atoms with Crippen LogP contribution in [0.2, 0.25) is 0 Å². The number of hydrogen-bond acceptors (Lipinski definition) is 3. The topological polar surface area (TPSA) is 49.7 Å². The van der Waals surface area contributed by atoms with Crippen molar-refractivity contribution in [3.63, 3.8) is 0 Å². The summed E-state index contributed by atoms with van der Waals surface area (Å²) in [4.78, 5) is 0. The molecule has 4 heteroatoms. The number of rotatable bonds is 2. The van der Waals surface area contributed by atoms with Crippen LogP contribution in [0.4, 0.5) is 0 Å². The summed E-state index contributed by atoms with van der Waals surface area (Å²) < 4.78 is 5.14. The van der Waals surface area contributed by atoms with E-state index in [0.717, 1.165) is 25.7 Å². The fourth-order valence-electron chi connectivity index (χ4n) is 2.61. The molecule has 0 saturated heterocycles. The second-order valence-electron chi connectivity index (χ2n) is 5.20. The van der Waals surface area contributed by atoms with Gasteiger partial charge in [0.15, 0.2) is 0 Å². The van der Waals surface area contributed by atoms with Gasteiger partial charge in [0, 0.05) is 6.10 Å². The van der Waals surface area contributed by atoms with E-state index in [1.54, 1.807) is 0 Å². The van der Waals surface area contributed by atoms with Crippen LogP contribution in [-0.2, 0) is 4.65 Å². The summed E-state index contributed by atoms with van der Waals surface area (Å²) >= 11 is 0. The SMILES string of the molecule is OB(O)OC1CCCCCCCCCCCC1. The highest BCUT2D eigenvalue weighted by molar-refractivity contribution is 6.32. The van der Waals surface area contributed by atoms with Crippen molar-refractivity contribution >= 4 is 7.32 Å². The fraction of sp³-hybridized carbons (Fsp3) is 1.00. The Morgan fingerprint density at radius 3 is 1.35 bits per heavy atom. The van der Waals surface area contributed by atoms with E-state index in [2.05, 4.69) is 0 Å². The lowest BCUT2D eigenvalue weighted by molar-refractivity contribution is 0.101. The van der Waals surface area contributed by atoms with Gasteiger partial charge in [-0.25, -0.2) is 0 Å². The molecule has 0 aromatic heterocycles. The maximum absolute atomic E-state index is 8.87. The van der Waals surface area contributed by atoms with Gasteiger partial charge >= 0.3 is 7.32 Å². The van der Waals surface area contributed by atoms with Crippen molar-refractivity contribution in [1.29, 1.82) is 0 Å². The van der Waals surface area contributed by atoms with E-state index in [0.29, 0.717) is 0 Å². The summed E-state index contributed by atoms with van der Waals surface area (Å²) in [6.45, 7) is 0. The van der Waals surface area contributed by atoms with Gasteiger partial charge in [-0.2, -0.15) is 0 Å². The van der Waals surface area contributed by atoms with E-state index in [4.69, 9.17) is 14.7 Å². The molecule has 1 fully saturated rings. The molecule has 1 aliphatic carbocycles. The van der Waals surface area contributed by atoms with Crippen LogP contribution in [0.5, 0.6) is 0 Å².